The van der Waals surface area contributed by atoms with Crippen molar-refractivity contribution in [1.29, 1.82) is 0 Å². The first-order valence-corrected chi connectivity index (χ1v) is 6.32. The second-order valence-electron chi connectivity index (χ2n) is 4.63. The molecule has 0 N–H and O–H groups in total. The summed E-state index contributed by atoms with van der Waals surface area (Å²) in [6.45, 7) is 2.61. The molecule has 2 rings (SSSR count). The van der Waals surface area contributed by atoms with E-state index in [-0.39, 0.29) is 5.91 Å². The van der Waals surface area contributed by atoms with Crippen LogP contribution in [0.15, 0.2) is 30.5 Å². The molecule has 1 aromatic carbocycles. The summed E-state index contributed by atoms with van der Waals surface area (Å²) in [5, 5.41) is 8.13. The topological polar surface area (TPSA) is 60.2 Å². The molecule has 0 aliphatic heterocycles. The van der Waals surface area contributed by atoms with Gasteiger partial charge in [0, 0.05) is 14.0 Å². The van der Waals surface area contributed by atoms with E-state index in [1.807, 2.05) is 30.5 Å². The Morgan fingerprint density at radius 1 is 1.45 bits per heavy atom. The highest BCUT2D eigenvalue weighted by molar-refractivity contribution is 5.72. The average molecular weight is 274 g/mol. The lowest BCUT2D eigenvalue weighted by atomic mass is 10.2. The normalized spacial score (nSPS) is 10.3. The van der Waals surface area contributed by atoms with Crippen LogP contribution in [-0.2, 0) is 17.9 Å². The number of nitrogens with zero attached hydrogens (tertiary/aromatic N) is 4. The van der Waals surface area contributed by atoms with Crippen LogP contribution in [0.2, 0.25) is 0 Å². The van der Waals surface area contributed by atoms with E-state index in [4.69, 9.17) is 4.74 Å². The van der Waals surface area contributed by atoms with E-state index in [2.05, 4.69) is 10.3 Å². The Morgan fingerprint density at radius 3 is 2.95 bits per heavy atom. The molecule has 106 valence electrons. The lowest BCUT2D eigenvalue weighted by Gasteiger charge is -2.11. The van der Waals surface area contributed by atoms with Gasteiger partial charge in [-0.3, -0.25) is 4.79 Å². The van der Waals surface area contributed by atoms with Gasteiger partial charge >= 0.3 is 0 Å². The van der Waals surface area contributed by atoms with E-state index >= 15 is 0 Å². The number of amides is 1. The van der Waals surface area contributed by atoms with Crippen molar-refractivity contribution in [1.82, 2.24) is 19.9 Å². The predicted molar refractivity (Wildman–Crippen MR) is 74.3 cm³/mol. The molecule has 0 saturated heterocycles. The van der Waals surface area contributed by atoms with E-state index < -0.39 is 0 Å². The maximum Gasteiger partial charge on any atom is 0.219 e. The third-order valence-corrected chi connectivity index (χ3v) is 3.00. The average Bonchev–Trinajstić information content (AvgIpc) is 2.86. The predicted octanol–water partition coefficient (Wildman–Crippen LogP) is 1.31. The molecule has 1 amide bonds. The third-order valence-electron chi connectivity index (χ3n) is 3.00. The largest absolute Gasteiger partial charge is 0.497 e. The summed E-state index contributed by atoms with van der Waals surface area (Å²) in [5.41, 5.74) is 1.85. The lowest BCUT2D eigenvalue weighted by Crippen LogP contribution is -2.23. The third kappa shape index (κ3) is 3.57. The molecule has 1 heterocycles. The van der Waals surface area contributed by atoms with Gasteiger partial charge in [-0.15, -0.1) is 5.10 Å². The summed E-state index contributed by atoms with van der Waals surface area (Å²) in [7, 11) is 3.38. The zero-order valence-electron chi connectivity index (χ0n) is 11.9. The molecule has 0 bridgehead atoms. The van der Waals surface area contributed by atoms with Gasteiger partial charge in [0.2, 0.25) is 5.91 Å². The van der Waals surface area contributed by atoms with Crippen molar-refractivity contribution in [3.63, 3.8) is 0 Å². The van der Waals surface area contributed by atoms with Crippen LogP contribution in [0, 0.1) is 0 Å². The summed E-state index contributed by atoms with van der Waals surface area (Å²) in [4.78, 5) is 12.8. The first-order chi connectivity index (χ1) is 9.58. The maximum atomic E-state index is 11.2. The minimum absolute atomic E-state index is 0.00680. The Morgan fingerprint density at radius 2 is 2.25 bits per heavy atom. The molecule has 0 radical (unpaired) electrons. The highest BCUT2D eigenvalue weighted by Crippen LogP contribution is 2.13. The SMILES string of the molecule is COc1cccc(Cn2cc(CN(C)C(C)=O)nn2)c1. The summed E-state index contributed by atoms with van der Waals surface area (Å²) in [5.74, 6) is 0.825. The number of benzene rings is 1. The van der Waals surface area contributed by atoms with E-state index in [1.165, 1.54) is 6.92 Å². The Labute approximate surface area is 118 Å². The van der Waals surface area contributed by atoms with Gasteiger partial charge < -0.3 is 9.64 Å². The van der Waals surface area contributed by atoms with Crippen molar-refractivity contribution in [2.45, 2.75) is 20.0 Å². The van der Waals surface area contributed by atoms with Crippen LogP contribution < -0.4 is 4.74 Å². The zero-order valence-corrected chi connectivity index (χ0v) is 11.9. The van der Waals surface area contributed by atoms with E-state index in [9.17, 15) is 4.79 Å². The Kier molecular flexibility index (Phi) is 4.34. The van der Waals surface area contributed by atoms with Crippen LogP contribution in [0.1, 0.15) is 18.2 Å². The van der Waals surface area contributed by atoms with E-state index in [0.717, 1.165) is 17.0 Å². The van der Waals surface area contributed by atoms with Gasteiger partial charge in [-0.1, -0.05) is 17.3 Å². The molecule has 0 aliphatic carbocycles. The standard InChI is InChI=1S/C14H18N4O2/c1-11(19)17(2)9-13-10-18(16-15-13)8-12-5-4-6-14(7-12)20-3/h4-7,10H,8-9H2,1-3H3. The highest BCUT2D eigenvalue weighted by atomic mass is 16.5. The quantitative estimate of drug-likeness (QED) is 0.825. The number of aromatic nitrogens is 3. The van der Waals surface area contributed by atoms with Crippen molar-refractivity contribution in [3.8, 4) is 5.75 Å². The number of carbonyl (C=O) groups excluding carboxylic acids is 1. The summed E-state index contributed by atoms with van der Waals surface area (Å²) in [6.07, 6.45) is 1.85. The number of hydrogen-bond acceptors (Lipinski definition) is 4. The van der Waals surface area contributed by atoms with Crippen LogP contribution in [0.5, 0.6) is 5.75 Å². The fraction of sp³-hybridized carbons (Fsp3) is 0.357. The van der Waals surface area contributed by atoms with Crippen LogP contribution in [0.25, 0.3) is 0 Å². The molecule has 0 spiro atoms. The molecular weight excluding hydrogens is 256 g/mol. The van der Waals surface area contributed by atoms with Gasteiger partial charge in [0.25, 0.3) is 0 Å². The van der Waals surface area contributed by atoms with Crippen molar-refractivity contribution in [2.75, 3.05) is 14.2 Å². The fourth-order valence-corrected chi connectivity index (χ4v) is 1.80. The monoisotopic (exact) mass is 274 g/mol. The van der Waals surface area contributed by atoms with Gasteiger partial charge in [0.05, 0.1) is 26.4 Å². The molecule has 6 heteroatoms. The smallest absolute Gasteiger partial charge is 0.219 e. The van der Waals surface area contributed by atoms with Crippen molar-refractivity contribution in [2.24, 2.45) is 0 Å². The maximum absolute atomic E-state index is 11.2. The molecule has 0 atom stereocenters. The van der Waals surface area contributed by atoms with Gasteiger partial charge in [0.1, 0.15) is 11.4 Å². The van der Waals surface area contributed by atoms with Crippen molar-refractivity contribution in [3.05, 3.63) is 41.7 Å². The molecule has 2 aromatic rings. The number of hydrogen-bond donors (Lipinski definition) is 0. The molecule has 0 saturated carbocycles. The van der Waals surface area contributed by atoms with Crippen LogP contribution in [0.4, 0.5) is 0 Å². The summed E-state index contributed by atoms with van der Waals surface area (Å²) in [6, 6.07) is 7.81. The zero-order chi connectivity index (χ0) is 14.5. The molecule has 0 aliphatic rings. The second kappa shape index (κ2) is 6.18. The number of carbonyl (C=O) groups is 1. The van der Waals surface area contributed by atoms with Crippen molar-refractivity contribution < 1.29 is 9.53 Å². The first-order valence-electron chi connectivity index (χ1n) is 6.32. The molecule has 0 unspecified atom stereocenters. The Balaban J connectivity index is 2.03. The van der Waals surface area contributed by atoms with E-state index in [1.54, 1.807) is 23.7 Å². The van der Waals surface area contributed by atoms with Gasteiger partial charge in [0.15, 0.2) is 0 Å². The summed E-state index contributed by atoms with van der Waals surface area (Å²) >= 11 is 0. The molecule has 6 nitrogen and oxygen atoms in total. The molecule has 20 heavy (non-hydrogen) atoms. The fourth-order valence-electron chi connectivity index (χ4n) is 1.80. The van der Waals surface area contributed by atoms with Crippen LogP contribution in [-0.4, -0.2) is 40.0 Å². The minimum Gasteiger partial charge on any atom is -0.497 e. The number of ether oxygens (including phenoxy) is 1. The second-order valence-corrected chi connectivity index (χ2v) is 4.63. The minimum atomic E-state index is 0.00680. The number of methoxy groups -OCH3 is 1. The van der Waals surface area contributed by atoms with Gasteiger partial charge in [-0.05, 0) is 17.7 Å². The summed E-state index contributed by atoms with van der Waals surface area (Å²) < 4.78 is 6.94. The van der Waals surface area contributed by atoms with E-state index in [0.29, 0.717) is 13.1 Å². The Bertz CT molecular complexity index is 594. The Hall–Kier alpha value is -2.37. The number of rotatable bonds is 5. The first kappa shape index (κ1) is 14.0. The molecular formula is C14H18N4O2. The van der Waals surface area contributed by atoms with Crippen LogP contribution in [0.3, 0.4) is 0 Å². The van der Waals surface area contributed by atoms with Crippen LogP contribution >= 0.6 is 0 Å². The van der Waals surface area contributed by atoms with Gasteiger partial charge in [-0.2, -0.15) is 0 Å². The van der Waals surface area contributed by atoms with Crippen molar-refractivity contribution >= 4 is 5.91 Å². The van der Waals surface area contributed by atoms with Gasteiger partial charge in [-0.25, -0.2) is 4.68 Å². The lowest BCUT2D eigenvalue weighted by molar-refractivity contribution is -0.128. The molecule has 0 fully saturated rings. The highest BCUT2D eigenvalue weighted by Gasteiger charge is 2.07. The molecule has 1 aromatic heterocycles.